The molecule has 1 fully saturated rings. The molecule has 12 heteroatoms. The Morgan fingerprint density at radius 2 is 2.27 bits per heavy atom. The molecule has 2 unspecified atom stereocenters. The predicted molar refractivity (Wildman–Crippen MR) is 91.3 cm³/mol. The molecule has 2 atom stereocenters. The van der Waals surface area contributed by atoms with E-state index in [9.17, 15) is 4.79 Å². The highest BCUT2D eigenvalue weighted by atomic mass is 32.1. The van der Waals surface area contributed by atoms with Gasteiger partial charge < -0.3 is 5.32 Å². The van der Waals surface area contributed by atoms with E-state index in [0.29, 0.717) is 25.3 Å². The first-order valence-electron chi connectivity index (χ1n) is 8.01. The molecule has 0 spiro atoms. The van der Waals surface area contributed by atoms with E-state index in [1.165, 1.54) is 22.3 Å². The molecule has 0 saturated carbocycles. The van der Waals surface area contributed by atoms with E-state index < -0.39 is 0 Å². The molecule has 11 nitrogen and oxygen atoms in total. The number of nitrogens with zero attached hydrogens (tertiary/aromatic N) is 7. The minimum Gasteiger partial charge on any atom is -0.355 e. The number of rotatable bonds is 6. The molecule has 4 rings (SSSR count). The second kappa shape index (κ2) is 7.59. The first-order valence-corrected chi connectivity index (χ1v) is 8.89. The van der Waals surface area contributed by atoms with Crippen LogP contribution in [0.1, 0.15) is 11.9 Å². The highest BCUT2D eigenvalue weighted by molar-refractivity contribution is 7.13. The molecule has 134 valence electrons. The normalized spacial score (nSPS) is 19.5. The molecular weight excluding hydrogens is 356 g/mol. The van der Waals surface area contributed by atoms with E-state index in [2.05, 4.69) is 46.6 Å². The lowest BCUT2D eigenvalue weighted by Gasteiger charge is -2.17. The number of aromatic nitrogens is 7. The molecule has 0 aliphatic carbocycles. The molecule has 3 aromatic heterocycles. The zero-order chi connectivity index (χ0) is 17.8. The highest BCUT2D eigenvalue weighted by Gasteiger charge is 2.34. The van der Waals surface area contributed by atoms with Crippen LogP contribution in [-0.2, 0) is 11.2 Å². The number of hydrazine groups is 1. The van der Waals surface area contributed by atoms with Gasteiger partial charge in [0.2, 0.25) is 5.91 Å². The third kappa shape index (κ3) is 3.56. The number of hydrogen-bond donors (Lipinski definition) is 3. The van der Waals surface area contributed by atoms with E-state index in [1.807, 2.05) is 5.38 Å². The largest absolute Gasteiger partial charge is 0.355 e. The van der Waals surface area contributed by atoms with Crippen LogP contribution in [0.2, 0.25) is 0 Å². The van der Waals surface area contributed by atoms with Crippen LogP contribution in [0.5, 0.6) is 0 Å². The molecule has 0 bridgehead atoms. The average molecular weight is 372 g/mol. The summed E-state index contributed by atoms with van der Waals surface area (Å²) >= 11 is 1.49. The lowest BCUT2D eigenvalue weighted by atomic mass is 10.1. The van der Waals surface area contributed by atoms with Gasteiger partial charge in [0.15, 0.2) is 10.8 Å². The molecule has 0 radical (unpaired) electrons. The number of thiazole rings is 1. The van der Waals surface area contributed by atoms with Gasteiger partial charge in [0, 0.05) is 37.3 Å². The summed E-state index contributed by atoms with van der Waals surface area (Å²) in [5.41, 5.74) is 6.87. The third-order valence-corrected chi connectivity index (χ3v) is 4.82. The lowest BCUT2D eigenvalue weighted by molar-refractivity contribution is -0.125. The van der Waals surface area contributed by atoms with Crippen molar-refractivity contribution in [3.05, 3.63) is 35.9 Å². The third-order valence-electron chi connectivity index (χ3n) is 3.93. The summed E-state index contributed by atoms with van der Waals surface area (Å²) in [4.78, 5) is 25.4. The van der Waals surface area contributed by atoms with E-state index in [0.717, 1.165) is 10.7 Å². The van der Waals surface area contributed by atoms with Crippen LogP contribution >= 0.6 is 11.3 Å². The first kappa shape index (κ1) is 16.6. The van der Waals surface area contributed by atoms with Crippen LogP contribution in [0.15, 0.2) is 30.2 Å². The van der Waals surface area contributed by atoms with Crippen molar-refractivity contribution in [1.29, 1.82) is 0 Å². The average Bonchev–Trinajstić information content (AvgIpc) is 3.42. The topological polar surface area (TPSA) is 135 Å². The van der Waals surface area contributed by atoms with Gasteiger partial charge in [-0.1, -0.05) is 0 Å². The maximum absolute atomic E-state index is 12.5. The van der Waals surface area contributed by atoms with Crippen molar-refractivity contribution in [3.8, 4) is 10.8 Å². The highest BCUT2D eigenvalue weighted by Crippen LogP contribution is 2.20. The van der Waals surface area contributed by atoms with Crippen molar-refractivity contribution in [2.75, 3.05) is 13.1 Å². The van der Waals surface area contributed by atoms with Crippen molar-refractivity contribution in [2.45, 2.75) is 12.6 Å². The summed E-state index contributed by atoms with van der Waals surface area (Å²) in [6.07, 6.45) is 5.18. The van der Waals surface area contributed by atoms with Gasteiger partial charge in [0.1, 0.15) is 12.5 Å². The van der Waals surface area contributed by atoms with E-state index in [1.54, 1.807) is 18.5 Å². The van der Waals surface area contributed by atoms with Crippen LogP contribution in [0.4, 0.5) is 0 Å². The Morgan fingerprint density at radius 1 is 1.38 bits per heavy atom. The molecule has 1 saturated heterocycles. The smallest absolute Gasteiger partial charge is 0.228 e. The van der Waals surface area contributed by atoms with Gasteiger partial charge in [-0.3, -0.25) is 10.2 Å². The van der Waals surface area contributed by atoms with Gasteiger partial charge in [-0.2, -0.15) is 0 Å². The van der Waals surface area contributed by atoms with E-state index >= 15 is 0 Å². The number of amides is 1. The van der Waals surface area contributed by atoms with Gasteiger partial charge in [-0.15, -0.1) is 16.4 Å². The zero-order valence-electron chi connectivity index (χ0n) is 13.6. The van der Waals surface area contributed by atoms with Crippen molar-refractivity contribution in [1.82, 2.24) is 51.3 Å². The summed E-state index contributed by atoms with van der Waals surface area (Å²) in [7, 11) is 0. The van der Waals surface area contributed by atoms with Crippen LogP contribution in [0.3, 0.4) is 0 Å². The van der Waals surface area contributed by atoms with Crippen molar-refractivity contribution in [2.24, 2.45) is 5.92 Å². The van der Waals surface area contributed by atoms with Gasteiger partial charge in [0.05, 0.1) is 11.6 Å². The summed E-state index contributed by atoms with van der Waals surface area (Å²) in [6, 6.07) is 1.77. The molecule has 1 aliphatic heterocycles. The Morgan fingerprint density at radius 3 is 3.08 bits per heavy atom. The molecule has 4 heterocycles. The van der Waals surface area contributed by atoms with Gasteiger partial charge in [-0.05, 0) is 16.5 Å². The zero-order valence-corrected chi connectivity index (χ0v) is 14.4. The number of nitrogens with one attached hydrogen (secondary N) is 3. The summed E-state index contributed by atoms with van der Waals surface area (Å²) < 4.78 is 1.52. The molecule has 0 aromatic carbocycles. The fourth-order valence-electron chi connectivity index (χ4n) is 2.65. The minimum absolute atomic E-state index is 0.0650. The molecular formula is C14H16N10OS. The molecule has 3 N–H and O–H groups in total. The molecule has 1 amide bonds. The van der Waals surface area contributed by atoms with Crippen molar-refractivity contribution < 1.29 is 4.79 Å². The van der Waals surface area contributed by atoms with Crippen LogP contribution in [0, 0.1) is 5.92 Å². The Balaban J connectivity index is 1.31. The van der Waals surface area contributed by atoms with Crippen molar-refractivity contribution in [3.63, 3.8) is 0 Å². The predicted octanol–water partition coefficient (Wildman–Crippen LogP) is -0.832. The van der Waals surface area contributed by atoms with E-state index in [-0.39, 0.29) is 18.0 Å². The SMILES string of the molecule is O=C(NCCc1csc(-c2ncccn2)n1)C1CNNC1n1cnnn1. The fourth-order valence-corrected chi connectivity index (χ4v) is 3.45. The molecule has 1 aliphatic rings. The van der Waals surface area contributed by atoms with Crippen LogP contribution in [-0.4, -0.2) is 54.2 Å². The Kier molecular flexibility index (Phi) is 4.86. The van der Waals surface area contributed by atoms with Crippen molar-refractivity contribution >= 4 is 17.2 Å². The minimum atomic E-state index is -0.314. The fraction of sp³-hybridized carbons (Fsp3) is 0.357. The first-order chi connectivity index (χ1) is 12.8. The number of tetrazole rings is 1. The Labute approximate surface area is 152 Å². The number of carbonyl (C=O) groups excluding carboxylic acids is 1. The Bertz CT molecular complexity index is 852. The Hall–Kier alpha value is -2.83. The second-order valence-corrected chi connectivity index (χ2v) is 6.48. The summed E-state index contributed by atoms with van der Waals surface area (Å²) in [5.74, 6) is 0.243. The van der Waals surface area contributed by atoms with Crippen LogP contribution in [0.25, 0.3) is 10.8 Å². The van der Waals surface area contributed by atoms with Gasteiger partial charge in [0.25, 0.3) is 0 Å². The quantitative estimate of drug-likeness (QED) is 0.506. The van der Waals surface area contributed by atoms with Gasteiger partial charge in [-0.25, -0.2) is 25.1 Å². The molecule has 26 heavy (non-hydrogen) atoms. The molecule has 3 aromatic rings. The maximum Gasteiger partial charge on any atom is 0.228 e. The summed E-state index contributed by atoms with van der Waals surface area (Å²) in [5, 5.41) is 16.7. The monoisotopic (exact) mass is 372 g/mol. The standard InChI is InChI=1S/C14H16N10OS/c25-13(10-6-18-21-12(10)24-8-19-22-23-24)17-5-2-9-7-26-14(20-9)11-15-3-1-4-16-11/h1,3-4,7-8,10,12,18,21H,2,5-6H2,(H,17,25). The van der Waals surface area contributed by atoms with E-state index in [4.69, 9.17) is 0 Å². The van der Waals surface area contributed by atoms with Gasteiger partial charge >= 0.3 is 0 Å². The maximum atomic E-state index is 12.5. The summed E-state index contributed by atoms with van der Waals surface area (Å²) in [6.45, 7) is 0.999. The van der Waals surface area contributed by atoms with Crippen LogP contribution < -0.4 is 16.2 Å². The lowest BCUT2D eigenvalue weighted by Crippen LogP contribution is -2.38. The number of carbonyl (C=O) groups is 1. The number of hydrogen-bond acceptors (Lipinski definition) is 10. The second-order valence-electron chi connectivity index (χ2n) is 5.62.